The van der Waals surface area contributed by atoms with E-state index in [1.54, 1.807) is 25.3 Å². The first-order valence-corrected chi connectivity index (χ1v) is 8.90. The Kier molecular flexibility index (Phi) is 5.59. The van der Waals surface area contributed by atoms with Crippen LogP contribution in [0.4, 0.5) is 0 Å². The number of benzene rings is 1. The lowest BCUT2D eigenvalue weighted by molar-refractivity contribution is -0.123. The van der Waals surface area contributed by atoms with Gasteiger partial charge in [0, 0.05) is 5.92 Å². The number of halogens is 1. The van der Waals surface area contributed by atoms with Gasteiger partial charge >= 0.3 is 0 Å². The Morgan fingerprint density at radius 2 is 2.04 bits per heavy atom. The van der Waals surface area contributed by atoms with Crippen LogP contribution in [0.2, 0.25) is 0 Å². The second-order valence-corrected chi connectivity index (χ2v) is 7.92. The molecule has 0 spiro atoms. The summed E-state index contributed by atoms with van der Waals surface area (Å²) in [4.78, 5) is 12.7. The lowest BCUT2D eigenvalue weighted by Gasteiger charge is -2.43. The van der Waals surface area contributed by atoms with E-state index in [9.17, 15) is 9.90 Å². The molecule has 0 fully saturated rings. The predicted molar refractivity (Wildman–Crippen MR) is 100 cm³/mol. The molecule has 4 heteroatoms. The van der Waals surface area contributed by atoms with Gasteiger partial charge in [-0.2, -0.15) is 0 Å². The summed E-state index contributed by atoms with van der Waals surface area (Å²) in [6.45, 7) is 10.1. The first-order valence-electron chi connectivity index (χ1n) is 8.10. The largest absolute Gasteiger partial charge is 0.508 e. The molecular formula is C20H25BrO3. The molecule has 0 saturated carbocycles. The lowest BCUT2D eigenvalue weighted by Crippen LogP contribution is -2.42. The summed E-state index contributed by atoms with van der Waals surface area (Å²) in [6, 6.07) is 3.42. The number of aromatic hydroxyl groups is 1. The topological polar surface area (TPSA) is 46.5 Å². The minimum absolute atomic E-state index is 0.124. The Morgan fingerprint density at radius 3 is 2.62 bits per heavy atom. The minimum atomic E-state index is -0.211. The van der Waals surface area contributed by atoms with E-state index in [1.165, 1.54) is 0 Å². The Hall–Kier alpha value is -1.55. The van der Waals surface area contributed by atoms with Crippen molar-refractivity contribution in [2.24, 2.45) is 17.3 Å². The van der Waals surface area contributed by atoms with Gasteiger partial charge in [-0.25, -0.2) is 0 Å². The molecule has 130 valence electrons. The Morgan fingerprint density at radius 1 is 1.38 bits per heavy atom. The molecule has 1 aliphatic carbocycles. The SMILES string of the molecule is C=CC[C@@H]1C(C)=CC(=O)[C@@H](Cc2cc(OC)c(Br)cc2O)C1(C)C. The molecule has 0 bridgehead atoms. The van der Waals surface area contributed by atoms with E-state index in [1.807, 2.05) is 13.0 Å². The number of hydrogen-bond acceptors (Lipinski definition) is 3. The van der Waals surface area contributed by atoms with E-state index in [2.05, 4.69) is 36.4 Å². The number of carbonyl (C=O) groups excluding carboxylic acids is 1. The predicted octanol–water partition coefficient (Wildman–Crippen LogP) is 5.07. The second kappa shape index (κ2) is 7.14. The summed E-state index contributed by atoms with van der Waals surface area (Å²) in [5.41, 5.74) is 1.63. The molecule has 0 aliphatic heterocycles. The maximum Gasteiger partial charge on any atom is 0.159 e. The van der Waals surface area contributed by atoms with Crippen LogP contribution in [0.1, 0.15) is 32.8 Å². The summed E-state index contributed by atoms with van der Waals surface area (Å²) >= 11 is 3.37. The smallest absolute Gasteiger partial charge is 0.159 e. The number of phenols is 1. The number of ketones is 1. The number of carbonyl (C=O) groups is 1. The van der Waals surface area contributed by atoms with Crippen LogP contribution in [0.5, 0.6) is 11.5 Å². The average Bonchev–Trinajstić information content (AvgIpc) is 2.49. The molecule has 0 unspecified atom stereocenters. The van der Waals surface area contributed by atoms with Crippen LogP contribution in [0.15, 0.2) is 40.9 Å². The summed E-state index contributed by atoms with van der Waals surface area (Å²) in [5.74, 6) is 1.04. The third-order valence-corrected chi connectivity index (χ3v) is 5.86. The van der Waals surface area contributed by atoms with Gasteiger partial charge in [-0.3, -0.25) is 4.79 Å². The third-order valence-electron chi connectivity index (χ3n) is 5.24. The minimum Gasteiger partial charge on any atom is -0.508 e. The molecule has 3 nitrogen and oxygen atoms in total. The zero-order valence-corrected chi connectivity index (χ0v) is 16.3. The average molecular weight is 393 g/mol. The Balaban J connectivity index is 2.41. The Labute approximate surface area is 152 Å². The van der Waals surface area contributed by atoms with Crippen molar-refractivity contribution in [2.75, 3.05) is 7.11 Å². The summed E-state index contributed by atoms with van der Waals surface area (Å²) in [7, 11) is 1.59. The molecular weight excluding hydrogens is 368 g/mol. The van der Waals surface area contributed by atoms with E-state index in [-0.39, 0.29) is 28.8 Å². The molecule has 1 aromatic carbocycles. The van der Waals surface area contributed by atoms with Crippen molar-refractivity contribution in [1.82, 2.24) is 0 Å². The quantitative estimate of drug-likeness (QED) is 0.711. The van der Waals surface area contributed by atoms with Crippen molar-refractivity contribution in [1.29, 1.82) is 0 Å². The van der Waals surface area contributed by atoms with Crippen LogP contribution in [0, 0.1) is 17.3 Å². The monoisotopic (exact) mass is 392 g/mol. The van der Waals surface area contributed by atoms with Crippen LogP contribution >= 0.6 is 15.9 Å². The molecule has 0 aromatic heterocycles. The maximum atomic E-state index is 12.7. The van der Waals surface area contributed by atoms with Gasteiger partial charge in [0.25, 0.3) is 0 Å². The van der Waals surface area contributed by atoms with Gasteiger partial charge in [0.2, 0.25) is 0 Å². The summed E-state index contributed by atoms with van der Waals surface area (Å²) in [5, 5.41) is 10.3. The molecule has 1 aromatic rings. The van der Waals surface area contributed by atoms with Crippen LogP contribution in [0.25, 0.3) is 0 Å². The highest BCUT2D eigenvalue weighted by atomic mass is 79.9. The fraction of sp³-hybridized carbons (Fsp3) is 0.450. The molecule has 0 heterocycles. The van der Waals surface area contributed by atoms with Crippen LogP contribution < -0.4 is 4.74 Å². The lowest BCUT2D eigenvalue weighted by atomic mass is 9.59. The van der Waals surface area contributed by atoms with Crippen molar-refractivity contribution in [3.05, 3.63) is 46.5 Å². The zero-order chi connectivity index (χ0) is 18.1. The first kappa shape index (κ1) is 18.8. The van der Waals surface area contributed by atoms with Gasteiger partial charge in [0.1, 0.15) is 11.5 Å². The highest BCUT2D eigenvalue weighted by Gasteiger charge is 2.44. The van der Waals surface area contributed by atoms with E-state index in [0.717, 1.165) is 17.6 Å². The number of phenolic OH excluding ortho intramolecular Hbond substituents is 1. The Bertz CT molecular complexity index is 688. The van der Waals surface area contributed by atoms with Crippen molar-refractivity contribution < 1.29 is 14.6 Å². The molecule has 2 atom stereocenters. The highest BCUT2D eigenvalue weighted by molar-refractivity contribution is 9.10. The standard InChI is InChI=1S/C20H25BrO3/c1-6-7-14-12(2)8-18(23)15(20(14,3)4)9-13-10-19(24-5)16(21)11-17(13)22/h6,8,10-11,14-15,22H,1,7,9H2,2-5H3/t14-,15-/m1/s1. The van der Waals surface area contributed by atoms with E-state index < -0.39 is 0 Å². The number of rotatable bonds is 5. The zero-order valence-electron chi connectivity index (χ0n) is 14.7. The molecule has 1 aliphatic rings. The fourth-order valence-corrected chi connectivity index (χ4v) is 4.26. The number of ether oxygens (including phenoxy) is 1. The second-order valence-electron chi connectivity index (χ2n) is 7.06. The summed E-state index contributed by atoms with van der Waals surface area (Å²) < 4.78 is 6.01. The summed E-state index contributed by atoms with van der Waals surface area (Å²) in [6.07, 6.45) is 5.00. The van der Waals surface area contributed by atoms with Gasteiger partial charge < -0.3 is 9.84 Å². The third kappa shape index (κ3) is 3.44. The van der Waals surface area contributed by atoms with E-state index >= 15 is 0 Å². The first-order chi connectivity index (χ1) is 11.2. The van der Waals surface area contributed by atoms with Gasteiger partial charge in [0.05, 0.1) is 11.6 Å². The van der Waals surface area contributed by atoms with Crippen molar-refractivity contribution in [3.63, 3.8) is 0 Å². The van der Waals surface area contributed by atoms with Crippen molar-refractivity contribution in [3.8, 4) is 11.5 Å². The van der Waals surface area contributed by atoms with Gasteiger partial charge in [0.15, 0.2) is 5.78 Å². The number of methoxy groups -OCH3 is 1. The van der Waals surface area contributed by atoms with E-state index in [0.29, 0.717) is 16.6 Å². The van der Waals surface area contributed by atoms with Crippen LogP contribution in [-0.2, 0) is 11.2 Å². The number of hydrogen-bond donors (Lipinski definition) is 1. The fourth-order valence-electron chi connectivity index (χ4n) is 3.77. The van der Waals surface area contributed by atoms with Crippen molar-refractivity contribution >= 4 is 21.7 Å². The molecule has 24 heavy (non-hydrogen) atoms. The van der Waals surface area contributed by atoms with E-state index in [4.69, 9.17) is 4.74 Å². The van der Waals surface area contributed by atoms with Crippen LogP contribution in [-0.4, -0.2) is 18.0 Å². The number of allylic oxidation sites excluding steroid dienone is 3. The highest BCUT2D eigenvalue weighted by Crippen LogP contribution is 2.47. The molecule has 0 saturated heterocycles. The van der Waals surface area contributed by atoms with Crippen molar-refractivity contribution in [2.45, 2.75) is 33.6 Å². The molecule has 1 N–H and O–H groups in total. The molecule has 0 radical (unpaired) electrons. The maximum absolute atomic E-state index is 12.7. The van der Waals surface area contributed by atoms with Crippen LogP contribution in [0.3, 0.4) is 0 Å². The van der Waals surface area contributed by atoms with Gasteiger partial charge in [-0.1, -0.05) is 25.5 Å². The molecule has 2 rings (SSSR count). The normalized spacial score (nSPS) is 22.9. The van der Waals surface area contributed by atoms with Gasteiger partial charge in [-0.15, -0.1) is 6.58 Å². The van der Waals surface area contributed by atoms with Gasteiger partial charge in [-0.05, 0) is 70.8 Å². The molecule has 0 amide bonds.